The topological polar surface area (TPSA) is 74.0 Å². The Morgan fingerprint density at radius 2 is 1.97 bits per heavy atom. The molecule has 1 aliphatic rings. The third-order valence-corrected chi connectivity index (χ3v) is 6.61. The van der Waals surface area contributed by atoms with Crippen LogP contribution in [0.5, 0.6) is 5.75 Å². The van der Waals surface area contributed by atoms with E-state index < -0.39 is 11.9 Å². The van der Waals surface area contributed by atoms with Gasteiger partial charge in [0.2, 0.25) is 5.91 Å². The number of nitrogens with one attached hydrogen (secondary N) is 1. The number of carbonyl (C=O) groups excluding carboxylic acids is 1. The molecule has 1 saturated carbocycles. The first-order valence-corrected chi connectivity index (χ1v) is 11.7. The number of rotatable bonds is 8. The van der Waals surface area contributed by atoms with Crippen LogP contribution in [0.1, 0.15) is 53.5 Å². The second-order valence-electron chi connectivity index (χ2n) is 8.40. The van der Waals surface area contributed by atoms with Gasteiger partial charge in [0, 0.05) is 12.3 Å². The fourth-order valence-corrected chi connectivity index (χ4v) is 4.77. The summed E-state index contributed by atoms with van der Waals surface area (Å²) in [7, 11) is 1.61. The van der Waals surface area contributed by atoms with Gasteiger partial charge in [0.25, 0.3) is 0 Å². The van der Waals surface area contributed by atoms with E-state index in [1.165, 1.54) is 4.68 Å². The highest BCUT2D eigenvalue weighted by Crippen LogP contribution is 2.47. The van der Waals surface area contributed by atoms with Crippen LogP contribution in [-0.2, 0) is 24.1 Å². The number of aromatic nitrogens is 4. The van der Waals surface area contributed by atoms with Gasteiger partial charge in [-0.05, 0) is 60.3 Å². The Labute approximate surface area is 203 Å². The number of anilines is 1. The van der Waals surface area contributed by atoms with Crippen molar-refractivity contribution < 1.29 is 22.7 Å². The van der Waals surface area contributed by atoms with Crippen LogP contribution >= 0.6 is 15.9 Å². The molecule has 3 aromatic rings. The zero-order chi connectivity index (χ0) is 24.6. The molecule has 1 aliphatic carbocycles. The van der Waals surface area contributed by atoms with Crippen molar-refractivity contribution >= 4 is 27.5 Å². The summed E-state index contributed by atoms with van der Waals surface area (Å²) < 4.78 is 48.3. The van der Waals surface area contributed by atoms with Gasteiger partial charge in [-0.15, -0.1) is 0 Å². The summed E-state index contributed by atoms with van der Waals surface area (Å²) >= 11 is 3.07. The molecular weight excluding hydrogens is 515 g/mol. The molecule has 7 nitrogen and oxygen atoms in total. The summed E-state index contributed by atoms with van der Waals surface area (Å²) in [4.78, 5) is 12.7. The highest BCUT2D eigenvalue weighted by atomic mass is 79.9. The van der Waals surface area contributed by atoms with Crippen molar-refractivity contribution in [3.8, 4) is 5.75 Å². The van der Waals surface area contributed by atoms with E-state index in [4.69, 9.17) is 4.74 Å². The van der Waals surface area contributed by atoms with Crippen LogP contribution in [0.3, 0.4) is 0 Å². The molecule has 4 rings (SSSR count). The number of hydrogen-bond donors (Lipinski definition) is 1. The quantitative estimate of drug-likeness (QED) is 0.413. The summed E-state index contributed by atoms with van der Waals surface area (Å²) in [5, 5.41) is 11.2. The first kappa shape index (κ1) is 24.3. The van der Waals surface area contributed by atoms with Crippen LogP contribution in [-0.4, -0.2) is 32.6 Å². The second kappa shape index (κ2) is 9.44. The Bertz CT molecular complexity index is 1210. The Kier molecular flexibility index (Phi) is 6.75. The summed E-state index contributed by atoms with van der Waals surface area (Å²) in [6.45, 7) is 4.23. The van der Waals surface area contributed by atoms with E-state index in [1.807, 2.05) is 31.2 Å². The van der Waals surface area contributed by atoms with E-state index in [9.17, 15) is 18.0 Å². The van der Waals surface area contributed by atoms with Crippen LogP contribution in [0.15, 0.2) is 28.7 Å². The van der Waals surface area contributed by atoms with Gasteiger partial charge in [0.1, 0.15) is 5.75 Å². The lowest BCUT2D eigenvalue weighted by Crippen LogP contribution is -2.17. The van der Waals surface area contributed by atoms with Gasteiger partial charge in [-0.3, -0.25) is 14.2 Å². The molecule has 0 bridgehead atoms. The molecule has 2 aromatic heterocycles. The standard InChI is InChI=1S/C23H25BrF3N5O2/c1-13-20(14(2)32(29-13)12-15-5-4-6-17(11-15)34-3)28-18(33)9-10-31-21(16-7-8-16)19(24)22(30-31)23(25,26)27/h4-6,11,16H,7-10,12H2,1-3H3,(H,28,33). The van der Waals surface area contributed by atoms with Gasteiger partial charge < -0.3 is 10.1 Å². The molecule has 1 N–H and O–H groups in total. The predicted octanol–water partition coefficient (Wildman–Crippen LogP) is 5.44. The normalized spacial score (nSPS) is 13.9. The van der Waals surface area contributed by atoms with Crippen molar-refractivity contribution in [3.05, 3.63) is 57.1 Å². The molecule has 182 valence electrons. The SMILES string of the molecule is COc1cccc(Cn2nc(C)c(NC(=O)CCn3nc(C(F)(F)F)c(Br)c3C3CC3)c2C)c1. The minimum Gasteiger partial charge on any atom is -0.497 e. The average molecular weight is 540 g/mol. The molecule has 0 saturated heterocycles. The van der Waals surface area contributed by atoms with Crippen LogP contribution in [0.25, 0.3) is 0 Å². The molecule has 0 spiro atoms. The monoisotopic (exact) mass is 539 g/mol. The molecular formula is C23H25BrF3N5O2. The Morgan fingerprint density at radius 3 is 2.62 bits per heavy atom. The molecule has 0 radical (unpaired) electrons. The van der Waals surface area contributed by atoms with Gasteiger partial charge in [0.05, 0.1) is 47.4 Å². The number of hydrogen-bond acceptors (Lipinski definition) is 4. The summed E-state index contributed by atoms with van der Waals surface area (Å²) in [5.74, 6) is 0.478. The van der Waals surface area contributed by atoms with E-state index in [-0.39, 0.29) is 29.3 Å². The molecule has 34 heavy (non-hydrogen) atoms. The number of alkyl halides is 3. The number of carbonyl (C=O) groups is 1. The number of benzene rings is 1. The fourth-order valence-electron chi connectivity index (χ4n) is 3.94. The van der Waals surface area contributed by atoms with E-state index in [1.54, 1.807) is 18.7 Å². The van der Waals surface area contributed by atoms with Crippen molar-refractivity contribution in [2.75, 3.05) is 12.4 Å². The molecule has 0 unspecified atom stereocenters. The maximum atomic E-state index is 13.3. The number of halogens is 4. The number of aryl methyl sites for hydroxylation is 2. The first-order valence-electron chi connectivity index (χ1n) is 10.9. The Balaban J connectivity index is 1.45. The molecule has 2 heterocycles. The van der Waals surface area contributed by atoms with E-state index >= 15 is 0 Å². The van der Waals surface area contributed by atoms with Crippen molar-refractivity contribution in [3.63, 3.8) is 0 Å². The largest absolute Gasteiger partial charge is 0.497 e. The number of methoxy groups -OCH3 is 1. The molecule has 0 atom stereocenters. The zero-order valence-electron chi connectivity index (χ0n) is 19.0. The summed E-state index contributed by atoms with van der Waals surface area (Å²) in [6, 6.07) is 7.65. The van der Waals surface area contributed by atoms with Crippen molar-refractivity contribution in [2.45, 2.75) is 58.3 Å². The van der Waals surface area contributed by atoms with Crippen molar-refractivity contribution in [2.24, 2.45) is 0 Å². The average Bonchev–Trinajstić information content (AvgIpc) is 3.51. The number of ether oxygens (including phenoxy) is 1. The van der Waals surface area contributed by atoms with Gasteiger partial charge >= 0.3 is 6.18 Å². The minimum atomic E-state index is -4.55. The van der Waals surface area contributed by atoms with Gasteiger partial charge in [0.15, 0.2) is 5.69 Å². The molecule has 0 aliphatic heterocycles. The highest BCUT2D eigenvalue weighted by molar-refractivity contribution is 9.10. The molecule has 1 amide bonds. The molecule has 1 aromatic carbocycles. The van der Waals surface area contributed by atoms with Crippen LogP contribution in [0.4, 0.5) is 18.9 Å². The third kappa shape index (κ3) is 5.13. The summed E-state index contributed by atoms with van der Waals surface area (Å²) in [6.07, 6.45) is -2.93. The van der Waals surface area contributed by atoms with Crippen LogP contribution in [0.2, 0.25) is 0 Å². The summed E-state index contributed by atoms with van der Waals surface area (Å²) in [5.41, 5.74) is 2.62. The molecule has 11 heteroatoms. The lowest BCUT2D eigenvalue weighted by atomic mass is 10.2. The van der Waals surface area contributed by atoms with E-state index in [2.05, 4.69) is 31.4 Å². The maximum Gasteiger partial charge on any atom is 0.436 e. The second-order valence-corrected chi connectivity index (χ2v) is 9.19. The lowest BCUT2D eigenvalue weighted by molar-refractivity contribution is -0.142. The van der Waals surface area contributed by atoms with Gasteiger partial charge in [-0.25, -0.2) is 0 Å². The van der Waals surface area contributed by atoms with Crippen LogP contribution < -0.4 is 10.1 Å². The van der Waals surface area contributed by atoms with Crippen molar-refractivity contribution in [1.82, 2.24) is 19.6 Å². The van der Waals surface area contributed by atoms with Crippen LogP contribution in [0, 0.1) is 13.8 Å². The number of amides is 1. The van der Waals surface area contributed by atoms with E-state index in [0.717, 1.165) is 29.8 Å². The zero-order valence-corrected chi connectivity index (χ0v) is 20.6. The fraction of sp³-hybridized carbons (Fsp3) is 0.435. The smallest absolute Gasteiger partial charge is 0.436 e. The van der Waals surface area contributed by atoms with Gasteiger partial charge in [-0.1, -0.05) is 12.1 Å². The Hall–Kier alpha value is -2.82. The van der Waals surface area contributed by atoms with Crippen molar-refractivity contribution in [1.29, 1.82) is 0 Å². The maximum absolute atomic E-state index is 13.3. The Morgan fingerprint density at radius 1 is 1.24 bits per heavy atom. The lowest BCUT2D eigenvalue weighted by Gasteiger charge is -2.09. The highest BCUT2D eigenvalue weighted by Gasteiger charge is 2.41. The van der Waals surface area contributed by atoms with Gasteiger partial charge in [-0.2, -0.15) is 23.4 Å². The predicted molar refractivity (Wildman–Crippen MR) is 124 cm³/mol. The first-order chi connectivity index (χ1) is 16.1. The van der Waals surface area contributed by atoms with E-state index in [0.29, 0.717) is 23.6 Å². The number of nitrogens with zero attached hydrogens (tertiary/aromatic N) is 4. The minimum absolute atomic E-state index is 0.00885. The molecule has 1 fully saturated rings. The third-order valence-electron chi connectivity index (χ3n) is 5.83.